The van der Waals surface area contributed by atoms with Crippen LogP contribution in [0.4, 0.5) is 17.6 Å². The second kappa shape index (κ2) is 7.27. The molecule has 0 radical (unpaired) electrons. The van der Waals surface area contributed by atoms with Crippen molar-refractivity contribution in [1.29, 1.82) is 0 Å². The molecule has 1 aromatic heterocycles. The van der Waals surface area contributed by atoms with Gasteiger partial charge in [-0.3, -0.25) is 9.79 Å². The Morgan fingerprint density at radius 3 is 2.53 bits per heavy atom. The zero-order valence-corrected chi connectivity index (χ0v) is 17.3. The van der Waals surface area contributed by atoms with Crippen LogP contribution in [-0.4, -0.2) is 40.1 Å². The van der Waals surface area contributed by atoms with Crippen LogP contribution in [-0.2, 0) is 10.3 Å². The highest BCUT2D eigenvalue weighted by molar-refractivity contribution is 9.10. The third kappa shape index (κ3) is 3.65. The van der Waals surface area contributed by atoms with Crippen LogP contribution in [0.2, 0.25) is 0 Å². The van der Waals surface area contributed by atoms with Gasteiger partial charge in [0.25, 0.3) is 5.91 Å². The lowest BCUT2D eigenvalue weighted by Crippen LogP contribution is -2.60. The molecule has 0 fully saturated rings. The Labute approximate surface area is 176 Å². The molecule has 4 N–H and O–H groups in total. The number of benzene rings is 1. The molecular weight excluding hydrogens is 474 g/mol. The van der Waals surface area contributed by atoms with Gasteiger partial charge in [0.15, 0.2) is 0 Å². The van der Waals surface area contributed by atoms with Crippen molar-refractivity contribution >= 4 is 27.7 Å². The molecule has 12 heteroatoms. The van der Waals surface area contributed by atoms with E-state index in [2.05, 4.69) is 30.9 Å². The Kier molecular flexibility index (Phi) is 5.35. The molecule has 0 spiro atoms. The van der Waals surface area contributed by atoms with Crippen LogP contribution in [0.15, 0.2) is 33.9 Å². The topological polar surface area (TPSA) is 116 Å². The lowest BCUT2D eigenvalue weighted by molar-refractivity contribution is -0.249. The maximum absolute atomic E-state index is 14.7. The van der Waals surface area contributed by atoms with Crippen LogP contribution >= 0.6 is 15.9 Å². The number of carbonyl (C=O) groups excluding carboxylic acids is 1. The van der Waals surface area contributed by atoms with Gasteiger partial charge in [-0.15, -0.1) is 0 Å². The number of rotatable bonds is 3. The Morgan fingerprint density at radius 2 is 1.97 bits per heavy atom. The summed E-state index contributed by atoms with van der Waals surface area (Å²) < 4.78 is 60.1. The first-order chi connectivity index (χ1) is 13.8. The van der Waals surface area contributed by atoms with E-state index in [-0.39, 0.29) is 17.1 Å². The van der Waals surface area contributed by atoms with Crippen molar-refractivity contribution in [3.8, 4) is 11.3 Å². The van der Waals surface area contributed by atoms with E-state index in [0.717, 1.165) is 13.0 Å². The molecule has 3 rings (SSSR count). The second-order valence-electron chi connectivity index (χ2n) is 7.04. The van der Waals surface area contributed by atoms with E-state index in [1.165, 1.54) is 25.3 Å². The zero-order valence-electron chi connectivity index (χ0n) is 15.7. The van der Waals surface area contributed by atoms with E-state index in [4.69, 9.17) is 16.2 Å². The zero-order chi connectivity index (χ0) is 22.5. The van der Waals surface area contributed by atoms with Gasteiger partial charge in [0, 0.05) is 17.3 Å². The van der Waals surface area contributed by atoms with E-state index in [1.807, 2.05) is 0 Å². The van der Waals surface area contributed by atoms with Crippen molar-refractivity contribution in [2.24, 2.45) is 16.5 Å². The fourth-order valence-electron chi connectivity index (χ4n) is 2.90. The Balaban J connectivity index is 2.12. The number of halogens is 5. The summed E-state index contributed by atoms with van der Waals surface area (Å²) in [4.78, 5) is 23.2. The fraction of sp³-hybridized carbons (Fsp3) is 0.333. The van der Waals surface area contributed by atoms with Gasteiger partial charge < -0.3 is 16.2 Å². The molecule has 30 heavy (non-hydrogen) atoms. The average Bonchev–Trinajstić information content (AvgIpc) is 2.65. The summed E-state index contributed by atoms with van der Waals surface area (Å²) in [5, 5.41) is 0. The minimum absolute atomic E-state index is 0.0571. The van der Waals surface area contributed by atoms with Crippen molar-refractivity contribution in [2.45, 2.75) is 31.2 Å². The normalized spacial score (nSPS) is 24.4. The molecule has 1 aliphatic heterocycles. The third-order valence-corrected chi connectivity index (χ3v) is 5.40. The molecule has 2 atom stereocenters. The number of amides is 1. The summed E-state index contributed by atoms with van der Waals surface area (Å²) in [6.07, 6.45) is -3.49. The van der Waals surface area contributed by atoms with Crippen LogP contribution in [0.5, 0.6) is 0 Å². The Morgan fingerprint density at radius 1 is 1.30 bits per heavy atom. The molecule has 1 aromatic carbocycles. The maximum Gasteiger partial charge on any atom is 0.424 e. The number of amidine groups is 1. The van der Waals surface area contributed by atoms with Crippen molar-refractivity contribution in [1.82, 2.24) is 9.97 Å². The predicted octanol–water partition coefficient (Wildman–Crippen LogP) is 3.07. The Hall–Kier alpha value is -2.60. The number of ether oxygens (including phenoxy) is 1. The molecule has 0 saturated carbocycles. The van der Waals surface area contributed by atoms with Gasteiger partial charge >= 0.3 is 6.18 Å². The average molecular weight is 490 g/mol. The molecule has 160 valence electrons. The lowest BCUT2D eigenvalue weighted by atomic mass is 9.88. The van der Waals surface area contributed by atoms with Crippen LogP contribution in [0, 0.1) is 5.82 Å². The smallest absolute Gasteiger partial charge is 0.385 e. The quantitative estimate of drug-likeness (QED) is 0.642. The number of hydrogen-bond donors (Lipinski definition) is 2. The number of nitrogens with two attached hydrogens (primary N) is 2. The molecular formula is C18H16BrF4N5O2. The number of nitrogens with zero attached hydrogens (tertiary/aromatic N) is 3. The van der Waals surface area contributed by atoms with Gasteiger partial charge in [-0.05, 0) is 48.0 Å². The number of primary amides is 1. The van der Waals surface area contributed by atoms with Gasteiger partial charge in [0.2, 0.25) is 11.4 Å². The molecule has 1 aliphatic rings. The summed E-state index contributed by atoms with van der Waals surface area (Å²) in [5.74, 6) is -2.65. The van der Waals surface area contributed by atoms with Crippen LogP contribution in [0.1, 0.15) is 30.0 Å². The number of aromatic nitrogens is 2. The molecule has 0 unspecified atom stereocenters. The molecule has 2 aromatic rings. The van der Waals surface area contributed by atoms with Gasteiger partial charge in [0.05, 0.1) is 16.8 Å². The standard InChI is InChI=1S/C18H16BrF4N5O2/c1-16(7-30-17(2,15(25)28-16)18(21,22)23)9-5-8(3-4-11(9)20)12-10(19)6-26-14(27-12)13(24)29/h3-6H,7H2,1-2H3,(H2,24,29)(H2,25,28)/t16-,17+/m0/s1. The van der Waals surface area contributed by atoms with E-state index in [0.29, 0.717) is 10.0 Å². The summed E-state index contributed by atoms with van der Waals surface area (Å²) in [5.41, 5.74) is 7.02. The van der Waals surface area contributed by atoms with E-state index in [1.54, 1.807) is 0 Å². The monoisotopic (exact) mass is 489 g/mol. The van der Waals surface area contributed by atoms with Gasteiger partial charge in [-0.2, -0.15) is 13.2 Å². The first-order valence-corrected chi connectivity index (χ1v) is 9.27. The molecule has 2 heterocycles. The summed E-state index contributed by atoms with van der Waals surface area (Å²) >= 11 is 3.25. The van der Waals surface area contributed by atoms with Crippen molar-refractivity contribution in [3.05, 3.63) is 46.1 Å². The number of alkyl halides is 3. The fourth-order valence-corrected chi connectivity index (χ4v) is 3.32. The molecule has 1 amide bonds. The molecule has 0 aliphatic carbocycles. The maximum atomic E-state index is 14.7. The number of aliphatic imine (C=N–C) groups is 1. The number of hydrogen-bond acceptors (Lipinski definition) is 6. The summed E-state index contributed by atoms with van der Waals surface area (Å²) in [6, 6.07) is 3.85. The van der Waals surface area contributed by atoms with Crippen molar-refractivity contribution < 1.29 is 27.1 Å². The summed E-state index contributed by atoms with van der Waals surface area (Å²) in [7, 11) is 0. The Bertz CT molecular complexity index is 1060. The molecule has 7 nitrogen and oxygen atoms in total. The minimum Gasteiger partial charge on any atom is -0.385 e. The van der Waals surface area contributed by atoms with E-state index >= 15 is 0 Å². The summed E-state index contributed by atoms with van der Waals surface area (Å²) in [6.45, 7) is 1.60. The highest BCUT2D eigenvalue weighted by Gasteiger charge is 2.59. The van der Waals surface area contributed by atoms with Crippen LogP contribution < -0.4 is 11.5 Å². The van der Waals surface area contributed by atoms with Crippen LogP contribution in [0.3, 0.4) is 0 Å². The second-order valence-corrected chi connectivity index (χ2v) is 7.89. The third-order valence-electron chi connectivity index (χ3n) is 4.82. The molecule has 0 bridgehead atoms. The van der Waals surface area contributed by atoms with Crippen LogP contribution in [0.25, 0.3) is 11.3 Å². The number of carbonyl (C=O) groups is 1. The molecule has 0 saturated heterocycles. The highest BCUT2D eigenvalue weighted by Crippen LogP contribution is 2.42. The highest BCUT2D eigenvalue weighted by atomic mass is 79.9. The van der Waals surface area contributed by atoms with E-state index in [9.17, 15) is 22.4 Å². The minimum atomic E-state index is -4.79. The first-order valence-electron chi connectivity index (χ1n) is 8.48. The van der Waals surface area contributed by atoms with Gasteiger partial charge in [-0.1, -0.05) is 0 Å². The van der Waals surface area contributed by atoms with Gasteiger partial charge in [-0.25, -0.2) is 14.4 Å². The predicted molar refractivity (Wildman–Crippen MR) is 103 cm³/mol. The van der Waals surface area contributed by atoms with Crippen molar-refractivity contribution in [2.75, 3.05) is 6.61 Å². The van der Waals surface area contributed by atoms with E-state index < -0.39 is 41.5 Å². The SMILES string of the molecule is C[C@@]1(c2cc(-c3nc(C(N)=O)ncc3Br)ccc2F)CO[C@@](C)(C(F)(F)F)C(N)=N1. The largest absolute Gasteiger partial charge is 0.424 e. The lowest BCUT2D eigenvalue weighted by Gasteiger charge is -2.41. The first kappa shape index (κ1) is 22.1. The van der Waals surface area contributed by atoms with Crippen molar-refractivity contribution in [3.63, 3.8) is 0 Å². The van der Waals surface area contributed by atoms with Gasteiger partial charge in [0.1, 0.15) is 17.2 Å².